The first-order chi connectivity index (χ1) is 7.20. The molecule has 5 heteroatoms. The Kier molecular flexibility index (Phi) is 2.95. The molecule has 15 heavy (non-hydrogen) atoms. The Morgan fingerprint density at radius 2 is 2.40 bits per heavy atom. The van der Waals surface area contributed by atoms with Crippen molar-refractivity contribution in [3.05, 3.63) is 23.8 Å². The zero-order chi connectivity index (χ0) is 10.8. The van der Waals surface area contributed by atoms with Gasteiger partial charge < -0.3 is 15.8 Å². The molecule has 3 N–H and O–H groups in total. The van der Waals surface area contributed by atoms with Gasteiger partial charge in [-0.05, 0) is 17.7 Å². The fraction of sp³-hybridized carbons (Fsp3) is 0.300. The van der Waals surface area contributed by atoms with Crippen molar-refractivity contribution in [2.75, 3.05) is 18.2 Å². The van der Waals surface area contributed by atoms with Crippen LogP contribution in [-0.2, 0) is 9.53 Å². The number of hydrogen-bond donors (Lipinski definition) is 2. The van der Waals surface area contributed by atoms with E-state index in [4.69, 9.17) is 10.5 Å². The van der Waals surface area contributed by atoms with Gasteiger partial charge in [0.25, 0.3) is 0 Å². The summed E-state index contributed by atoms with van der Waals surface area (Å²) in [5.41, 5.74) is 7.40. The number of carbonyl (C=O) groups is 1. The summed E-state index contributed by atoms with van der Waals surface area (Å²) in [6.07, 6.45) is -0.445. The molecule has 1 aromatic rings. The van der Waals surface area contributed by atoms with Crippen LogP contribution in [0.4, 0.5) is 5.69 Å². The number of hydrogen-bond acceptors (Lipinski definition) is 4. The van der Waals surface area contributed by atoms with Crippen molar-refractivity contribution in [2.45, 2.75) is 11.1 Å². The van der Waals surface area contributed by atoms with Gasteiger partial charge in [0.1, 0.15) is 6.23 Å². The average Bonchev–Trinajstić information content (AvgIpc) is 2.27. The van der Waals surface area contributed by atoms with Crippen LogP contribution in [0, 0.1) is 0 Å². The Labute approximate surface area is 92.2 Å². The smallest absolute Gasteiger partial charge is 0.234 e. The molecule has 1 amide bonds. The molecule has 1 aliphatic rings. The number of thioether (sulfide) groups is 1. The summed E-state index contributed by atoms with van der Waals surface area (Å²) in [6.45, 7) is 0. The molecule has 1 atom stereocenters. The molecule has 0 fully saturated rings. The lowest BCUT2D eigenvalue weighted by Crippen LogP contribution is -2.19. The van der Waals surface area contributed by atoms with Crippen LogP contribution < -0.4 is 11.1 Å². The van der Waals surface area contributed by atoms with Crippen LogP contribution in [0.2, 0.25) is 0 Å². The number of fused-ring (bicyclic) bond motifs is 1. The Morgan fingerprint density at radius 1 is 1.60 bits per heavy atom. The van der Waals surface area contributed by atoms with Crippen molar-refractivity contribution in [3.8, 4) is 0 Å². The maximum atomic E-state index is 11.2. The van der Waals surface area contributed by atoms with E-state index in [1.807, 2.05) is 18.2 Å². The number of amides is 1. The fourth-order valence-electron chi connectivity index (χ4n) is 1.41. The largest absolute Gasteiger partial charge is 0.363 e. The summed E-state index contributed by atoms with van der Waals surface area (Å²) in [5, 5.41) is 2.81. The second-order valence-corrected chi connectivity index (χ2v) is 4.27. The van der Waals surface area contributed by atoms with Crippen molar-refractivity contribution in [1.82, 2.24) is 0 Å². The first kappa shape index (κ1) is 10.5. The second-order valence-electron chi connectivity index (χ2n) is 3.25. The number of nitrogens with two attached hydrogens (primary N) is 1. The third-order valence-corrected chi connectivity index (χ3v) is 3.29. The Bertz CT molecular complexity index is 395. The summed E-state index contributed by atoms with van der Waals surface area (Å²) in [7, 11) is 1.55. The van der Waals surface area contributed by atoms with Gasteiger partial charge in [-0.2, -0.15) is 0 Å². The molecule has 0 spiro atoms. The molecular weight excluding hydrogens is 212 g/mol. The number of ether oxygens (including phenoxy) is 1. The minimum Gasteiger partial charge on any atom is -0.363 e. The maximum absolute atomic E-state index is 11.2. The summed E-state index contributed by atoms with van der Waals surface area (Å²) in [6, 6.07) is 5.72. The third kappa shape index (κ3) is 2.14. The highest BCUT2D eigenvalue weighted by Gasteiger charge is 2.16. The number of carbonyl (C=O) groups excluding carboxylic acids is 1. The molecule has 0 aromatic heterocycles. The summed E-state index contributed by atoms with van der Waals surface area (Å²) in [4.78, 5) is 12.3. The molecule has 4 nitrogen and oxygen atoms in total. The third-order valence-electron chi connectivity index (χ3n) is 2.22. The highest BCUT2D eigenvalue weighted by molar-refractivity contribution is 8.00. The van der Waals surface area contributed by atoms with Gasteiger partial charge in [-0.25, -0.2) is 0 Å². The van der Waals surface area contributed by atoms with E-state index >= 15 is 0 Å². The summed E-state index contributed by atoms with van der Waals surface area (Å²) in [5.74, 6) is 0.499. The SMILES string of the molecule is COC(N)c1ccc2c(c1)NC(=O)CS2. The van der Waals surface area contributed by atoms with Crippen LogP contribution in [0.5, 0.6) is 0 Å². The van der Waals surface area contributed by atoms with Gasteiger partial charge in [0.15, 0.2) is 0 Å². The standard InChI is InChI=1S/C10H12N2O2S/c1-14-10(11)6-2-3-8-7(4-6)12-9(13)5-15-8/h2-4,10H,5,11H2,1H3,(H,12,13). The quantitative estimate of drug-likeness (QED) is 0.744. The normalized spacial score (nSPS) is 16.8. The van der Waals surface area contributed by atoms with Gasteiger partial charge in [0.05, 0.1) is 11.4 Å². The van der Waals surface area contributed by atoms with Crippen LogP contribution in [0.3, 0.4) is 0 Å². The van der Waals surface area contributed by atoms with E-state index in [1.54, 1.807) is 7.11 Å². The molecule has 0 radical (unpaired) electrons. The molecule has 0 bridgehead atoms. The number of benzene rings is 1. The second kappa shape index (κ2) is 4.22. The van der Waals surface area contributed by atoms with E-state index in [1.165, 1.54) is 11.8 Å². The van der Waals surface area contributed by atoms with Crippen molar-refractivity contribution in [2.24, 2.45) is 5.73 Å². The maximum Gasteiger partial charge on any atom is 0.234 e. The molecule has 1 aliphatic heterocycles. The van der Waals surface area contributed by atoms with E-state index in [0.717, 1.165) is 16.1 Å². The molecule has 0 saturated carbocycles. The molecule has 1 heterocycles. The molecule has 80 valence electrons. The van der Waals surface area contributed by atoms with Crippen molar-refractivity contribution < 1.29 is 9.53 Å². The average molecular weight is 224 g/mol. The van der Waals surface area contributed by atoms with Crippen molar-refractivity contribution in [3.63, 3.8) is 0 Å². The molecule has 1 aromatic carbocycles. The molecule has 0 aliphatic carbocycles. The lowest BCUT2D eigenvalue weighted by molar-refractivity contribution is -0.113. The molecule has 1 unspecified atom stereocenters. The molecule has 0 saturated heterocycles. The van der Waals surface area contributed by atoms with E-state index in [9.17, 15) is 4.79 Å². The number of nitrogens with one attached hydrogen (secondary N) is 1. The van der Waals surface area contributed by atoms with Crippen LogP contribution in [0.25, 0.3) is 0 Å². The lowest BCUT2D eigenvalue weighted by atomic mass is 10.1. The van der Waals surface area contributed by atoms with Gasteiger partial charge in [0, 0.05) is 12.0 Å². The van der Waals surface area contributed by atoms with E-state index in [2.05, 4.69) is 5.32 Å². The topological polar surface area (TPSA) is 64.3 Å². The Morgan fingerprint density at radius 3 is 3.13 bits per heavy atom. The van der Waals surface area contributed by atoms with E-state index in [0.29, 0.717) is 5.75 Å². The Hall–Kier alpha value is -1.04. The monoisotopic (exact) mass is 224 g/mol. The number of anilines is 1. The first-order valence-corrected chi connectivity index (χ1v) is 5.54. The predicted molar refractivity (Wildman–Crippen MR) is 59.7 cm³/mol. The number of rotatable bonds is 2. The van der Waals surface area contributed by atoms with Crippen molar-refractivity contribution in [1.29, 1.82) is 0 Å². The molecule has 2 rings (SSSR count). The van der Waals surface area contributed by atoms with Gasteiger partial charge in [-0.1, -0.05) is 6.07 Å². The summed E-state index contributed by atoms with van der Waals surface area (Å²) >= 11 is 1.53. The zero-order valence-electron chi connectivity index (χ0n) is 8.32. The number of methoxy groups -OCH3 is 1. The first-order valence-electron chi connectivity index (χ1n) is 4.55. The van der Waals surface area contributed by atoms with Crippen LogP contribution in [0.1, 0.15) is 11.8 Å². The molecular formula is C10H12N2O2S. The van der Waals surface area contributed by atoms with Gasteiger partial charge in [-0.15, -0.1) is 11.8 Å². The van der Waals surface area contributed by atoms with Crippen LogP contribution >= 0.6 is 11.8 Å². The van der Waals surface area contributed by atoms with Gasteiger partial charge in [0.2, 0.25) is 5.91 Å². The zero-order valence-corrected chi connectivity index (χ0v) is 9.14. The lowest BCUT2D eigenvalue weighted by Gasteiger charge is -2.18. The van der Waals surface area contributed by atoms with Gasteiger partial charge >= 0.3 is 0 Å². The predicted octanol–water partition coefficient (Wildman–Crippen LogP) is 1.33. The van der Waals surface area contributed by atoms with Crippen LogP contribution in [-0.4, -0.2) is 18.8 Å². The summed E-state index contributed by atoms with van der Waals surface area (Å²) < 4.78 is 5.01. The van der Waals surface area contributed by atoms with Crippen LogP contribution in [0.15, 0.2) is 23.1 Å². The van der Waals surface area contributed by atoms with Crippen molar-refractivity contribution >= 4 is 23.4 Å². The Balaban J connectivity index is 2.32. The fourth-order valence-corrected chi connectivity index (χ4v) is 2.20. The minimum absolute atomic E-state index is 0.0237. The van der Waals surface area contributed by atoms with E-state index < -0.39 is 6.23 Å². The minimum atomic E-state index is -0.445. The highest BCUT2D eigenvalue weighted by Crippen LogP contribution is 2.32. The highest BCUT2D eigenvalue weighted by atomic mass is 32.2. The van der Waals surface area contributed by atoms with E-state index in [-0.39, 0.29) is 5.91 Å². The van der Waals surface area contributed by atoms with Gasteiger partial charge in [-0.3, -0.25) is 4.79 Å².